The molecule has 0 saturated carbocycles. The lowest BCUT2D eigenvalue weighted by atomic mass is 9.87. The van der Waals surface area contributed by atoms with E-state index in [4.69, 9.17) is 11.5 Å². The Morgan fingerprint density at radius 1 is 1.33 bits per heavy atom. The smallest absolute Gasteiger partial charge is 0.254 e. The molecule has 2 aromatic rings. The molecule has 1 aromatic carbocycles. The maximum Gasteiger partial charge on any atom is 0.254 e. The topological polar surface area (TPSA) is 110 Å². The van der Waals surface area contributed by atoms with Gasteiger partial charge in [-0.2, -0.15) is 4.98 Å². The molecule has 1 amide bonds. The monoisotopic (exact) mass is 368 g/mol. The van der Waals surface area contributed by atoms with Crippen LogP contribution < -0.4 is 21.7 Å². The first-order valence-corrected chi connectivity index (χ1v) is 9.29. The van der Waals surface area contributed by atoms with Crippen LogP contribution in [0.15, 0.2) is 30.5 Å². The zero-order chi connectivity index (χ0) is 19.6. The molecule has 3 rings (SSSR count). The van der Waals surface area contributed by atoms with E-state index in [9.17, 15) is 4.79 Å². The Kier molecular flexibility index (Phi) is 5.32. The minimum atomic E-state index is -0.564. The van der Waals surface area contributed by atoms with Crippen LogP contribution in [0.4, 0.5) is 17.5 Å². The van der Waals surface area contributed by atoms with E-state index in [2.05, 4.69) is 53.1 Å². The van der Waals surface area contributed by atoms with Crippen molar-refractivity contribution in [2.24, 2.45) is 11.5 Å². The van der Waals surface area contributed by atoms with Gasteiger partial charge in [0.05, 0.1) is 0 Å². The molecular formula is C20H28N6O. The van der Waals surface area contributed by atoms with Crippen molar-refractivity contribution in [1.29, 1.82) is 0 Å². The van der Waals surface area contributed by atoms with Crippen molar-refractivity contribution in [3.05, 3.63) is 41.6 Å². The number of aromatic nitrogens is 2. The highest BCUT2D eigenvalue weighted by molar-refractivity contribution is 5.98. The molecule has 1 aliphatic rings. The largest absolute Gasteiger partial charge is 0.365 e. The molecule has 1 aliphatic heterocycles. The number of hydrogen-bond donors (Lipinski definition) is 3. The number of rotatable bonds is 4. The van der Waals surface area contributed by atoms with Gasteiger partial charge in [-0.3, -0.25) is 4.79 Å². The summed E-state index contributed by atoms with van der Waals surface area (Å²) >= 11 is 0. The molecule has 0 aliphatic carbocycles. The lowest BCUT2D eigenvalue weighted by Gasteiger charge is -2.31. The molecule has 0 bridgehead atoms. The highest BCUT2D eigenvalue weighted by Gasteiger charge is 2.21. The summed E-state index contributed by atoms with van der Waals surface area (Å²) in [7, 11) is 0. The molecule has 0 radical (unpaired) electrons. The number of carbonyl (C=O) groups excluding carboxylic acids is 1. The summed E-state index contributed by atoms with van der Waals surface area (Å²) in [4.78, 5) is 22.8. The van der Waals surface area contributed by atoms with Crippen molar-refractivity contribution in [2.75, 3.05) is 23.3 Å². The van der Waals surface area contributed by atoms with Gasteiger partial charge in [-0.05, 0) is 36.0 Å². The Labute approximate surface area is 160 Å². The first kappa shape index (κ1) is 19.1. The number of hydrogen-bond acceptors (Lipinski definition) is 6. The summed E-state index contributed by atoms with van der Waals surface area (Å²) in [6, 6.07) is 8.18. The Balaban J connectivity index is 1.93. The van der Waals surface area contributed by atoms with Crippen molar-refractivity contribution < 1.29 is 4.79 Å². The maximum absolute atomic E-state index is 11.8. The Bertz CT molecular complexity index is 829. The van der Waals surface area contributed by atoms with E-state index in [0.29, 0.717) is 18.3 Å². The Morgan fingerprint density at radius 2 is 2.11 bits per heavy atom. The number of nitrogens with one attached hydrogen (secondary N) is 1. The number of primary amides is 1. The third-order valence-electron chi connectivity index (χ3n) is 4.77. The highest BCUT2D eigenvalue weighted by Crippen LogP contribution is 2.27. The molecule has 1 unspecified atom stereocenters. The Hall–Kier alpha value is -2.67. The minimum absolute atomic E-state index is 0.0188. The van der Waals surface area contributed by atoms with Gasteiger partial charge in [0.15, 0.2) is 0 Å². The second kappa shape index (κ2) is 7.52. The predicted molar refractivity (Wildman–Crippen MR) is 108 cm³/mol. The van der Waals surface area contributed by atoms with E-state index >= 15 is 0 Å². The first-order chi connectivity index (χ1) is 12.7. The van der Waals surface area contributed by atoms with Crippen LogP contribution in [-0.2, 0) is 5.41 Å². The molecule has 7 heteroatoms. The summed E-state index contributed by atoms with van der Waals surface area (Å²) in [5.74, 6) is 0.411. The van der Waals surface area contributed by atoms with E-state index in [1.807, 2.05) is 12.1 Å². The van der Waals surface area contributed by atoms with E-state index in [0.717, 1.165) is 25.1 Å². The fourth-order valence-corrected chi connectivity index (χ4v) is 3.19. The lowest BCUT2D eigenvalue weighted by Crippen LogP contribution is -2.43. The number of amides is 1. The molecule has 1 aromatic heterocycles. The second-order valence-electron chi connectivity index (χ2n) is 8.10. The van der Waals surface area contributed by atoms with Crippen LogP contribution >= 0.6 is 0 Å². The summed E-state index contributed by atoms with van der Waals surface area (Å²) in [5, 5.41) is 3.25. The first-order valence-electron chi connectivity index (χ1n) is 9.29. The number of benzene rings is 1. The summed E-state index contributed by atoms with van der Waals surface area (Å²) in [6.45, 7) is 8.02. The quantitative estimate of drug-likeness (QED) is 0.765. The van der Waals surface area contributed by atoms with Crippen molar-refractivity contribution in [1.82, 2.24) is 9.97 Å². The Morgan fingerprint density at radius 3 is 2.78 bits per heavy atom. The van der Waals surface area contributed by atoms with Gasteiger partial charge in [-0.25, -0.2) is 4.98 Å². The van der Waals surface area contributed by atoms with Crippen LogP contribution in [0.1, 0.15) is 49.5 Å². The average molecular weight is 368 g/mol. The summed E-state index contributed by atoms with van der Waals surface area (Å²) in [6.07, 6.45) is 3.49. The third-order valence-corrected chi connectivity index (χ3v) is 4.77. The van der Waals surface area contributed by atoms with Crippen molar-refractivity contribution >= 4 is 23.4 Å². The second-order valence-corrected chi connectivity index (χ2v) is 8.10. The van der Waals surface area contributed by atoms with Crippen molar-refractivity contribution in [3.8, 4) is 0 Å². The molecular weight excluding hydrogens is 340 g/mol. The van der Waals surface area contributed by atoms with Gasteiger partial charge in [0.1, 0.15) is 11.4 Å². The fourth-order valence-electron chi connectivity index (χ4n) is 3.19. The van der Waals surface area contributed by atoms with Crippen LogP contribution in [0.5, 0.6) is 0 Å². The van der Waals surface area contributed by atoms with Gasteiger partial charge in [0, 0.05) is 31.0 Å². The van der Waals surface area contributed by atoms with Gasteiger partial charge in [-0.1, -0.05) is 32.9 Å². The van der Waals surface area contributed by atoms with Gasteiger partial charge >= 0.3 is 0 Å². The molecule has 5 N–H and O–H groups in total. The number of anilines is 3. The van der Waals surface area contributed by atoms with E-state index < -0.39 is 5.91 Å². The predicted octanol–water partition coefficient (Wildman–Crippen LogP) is 2.54. The lowest BCUT2D eigenvalue weighted by molar-refractivity contribution is 0.100. The molecule has 1 atom stereocenters. The standard InChI is InChI=1S/C20H28N6O/c1-20(2,3)13-6-4-8-15(10-13)24-18-16(17(22)27)11-23-19(25-18)26-9-5-7-14(21)12-26/h4,6,8,10-11,14H,5,7,9,12,21H2,1-3H3,(H2,22,27)(H,23,24,25). The van der Waals surface area contributed by atoms with E-state index in [1.54, 1.807) is 0 Å². The van der Waals surface area contributed by atoms with Crippen LogP contribution in [0.25, 0.3) is 0 Å². The normalized spacial score (nSPS) is 17.6. The van der Waals surface area contributed by atoms with Gasteiger partial charge in [0.25, 0.3) is 5.91 Å². The van der Waals surface area contributed by atoms with E-state index in [-0.39, 0.29) is 17.0 Å². The van der Waals surface area contributed by atoms with Crippen LogP contribution in [0.3, 0.4) is 0 Å². The molecule has 144 valence electrons. The summed E-state index contributed by atoms with van der Waals surface area (Å²) in [5.41, 5.74) is 13.9. The van der Waals surface area contributed by atoms with Crippen molar-refractivity contribution in [2.45, 2.75) is 45.1 Å². The molecule has 1 fully saturated rings. The number of piperidine rings is 1. The fraction of sp³-hybridized carbons (Fsp3) is 0.450. The zero-order valence-corrected chi connectivity index (χ0v) is 16.2. The van der Waals surface area contributed by atoms with Crippen LogP contribution in [-0.4, -0.2) is 35.0 Å². The minimum Gasteiger partial charge on any atom is -0.365 e. The maximum atomic E-state index is 11.8. The molecule has 27 heavy (non-hydrogen) atoms. The van der Waals surface area contributed by atoms with Gasteiger partial charge < -0.3 is 21.7 Å². The van der Waals surface area contributed by atoms with Crippen LogP contribution in [0, 0.1) is 0 Å². The van der Waals surface area contributed by atoms with Crippen LogP contribution in [0.2, 0.25) is 0 Å². The van der Waals surface area contributed by atoms with E-state index in [1.165, 1.54) is 11.8 Å². The molecule has 1 saturated heterocycles. The molecule has 0 spiro atoms. The SMILES string of the molecule is CC(C)(C)c1cccc(Nc2nc(N3CCCC(N)C3)ncc2C(N)=O)c1. The third kappa shape index (κ3) is 4.54. The van der Waals surface area contributed by atoms with Gasteiger partial charge in [0.2, 0.25) is 5.95 Å². The summed E-state index contributed by atoms with van der Waals surface area (Å²) < 4.78 is 0. The van der Waals surface area contributed by atoms with Gasteiger partial charge in [-0.15, -0.1) is 0 Å². The highest BCUT2D eigenvalue weighted by atomic mass is 16.1. The number of nitrogens with zero attached hydrogens (tertiary/aromatic N) is 3. The van der Waals surface area contributed by atoms with Crippen molar-refractivity contribution in [3.63, 3.8) is 0 Å². The zero-order valence-electron chi connectivity index (χ0n) is 16.2. The average Bonchev–Trinajstić information content (AvgIpc) is 2.61. The molecule has 7 nitrogen and oxygen atoms in total. The number of nitrogens with two attached hydrogens (primary N) is 2. The molecule has 2 heterocycles. The number of carbonyl (C=O) groups is 1.